The Balaban J connectivity index is 0.00000312. The Bertz CT molecular complexity index is 678. The van der Waals surface area contributed by atoms with E-state index in [0.717, 1.165) is 12.1 Å². The van der Waals surface area contributed by atoms with Crippen LogP contribution >= 0.6 is 24.0 Å². The summed E-state index contributed by atoms with van der Waals surface area (Å²) in [7, 11) is 1.54. The first-order valence-corrected chi connectivity index (χ1v) is 8.10. The number of guanidine groups is 1. The topological polar surface area (TPSA) is 65.9 Å². The van der Waals surface area contributed by atoms with Crippen LogP contribution in [0.15, 0.2) is 53.5 Å². The maximum absolute atomic E-state index is 10.2. The van der Waals surface area contributed by atoms with Gasteiger partial charge < -0.3 is 20.5 Å². The zero-order chi connectivity index (χ0) is 17.4. The normalized spacial score (nSPS) is 12.0. The minimum atomic E-state index is 0. The lowest BCUT2D eigenvalue weighted by Crippen LogP contribution is -2.38. The first kappa shape index (κ1) is 21.1. The highest BCUT2D eigenvalue weighted by Gasteiger charge is 2.09. The Labute approximate surface area is 166 Å². The van der Waals surface area contributed by atoms with Gasteiger partial charge in [0.15, 0.2) is 17.5 Å². The van der Waals surface area contributed by atoms with Crippen LogP contribution < -0.4 is 15.4 Å². The van der Waals surface area contributed by atoms with Gasteiger partial charge in [0.25, 0.3) is 0 Å². The zero-order valence-corrected chi connectivity index (χ0v) is 17.2. The van der Waals surface area contributed by atoms with E-state index >= 15 is 0 Å². The number of hydrogen-bond donors (Lipinski definition) is 3. The van der Waals surface area contributed by atoms with Crippen LogP contribution in [-0.2, 0) is 6.54 Å². The molecule has 0 fully saturated rings. The van der Waals surface area contributed by atoms with E-state index in [1.54, 1.807) is 6.07 Å². The van der Waals surface area contributed by atoms with E-state index in [9.17, 15) is 5.11 Å². The lowest BCUT2D eigenvalue weighted by Gasteiger charge is -2.18. The molecule has 136 valence electrons. The first-order chi connectivity index (χ1) is 11.7. The Morgan fingerprint density at radius 1 is 1.16 bits per heavy atom. The summed E-state index contributed by atoms with van der Waals surface area (Å²) in [5.74, 6) is 1.30. The van der Waals surface area contributed by atoms with Crippen molar-refractivity contribution in [1.29, 1.82) is 0 Å². The van der Waals surface area contributed by atoms with E-state index in [4.69, 9.17) is 4.74 Å². The van der Waals surface area contributed by atoms with Gasteiger partial charge in [0, 0.05) is 12.1 Å². The van der Waals surface area contributed by atoms with Gasteiger partial charge >= 0.3 is 0 Å². The summed E-state index contributed by atoms with van der Waals surface area (Å²) >= 11 is 0. The van der Waals surface area contributed by atoms with Crippen LogP contribution in [0.1, 0.15) is 31.0 Å². The standard InChI is InChI=1S/C19H25N3O2.HI/c1-4-20-19(22-14(2)15-9-6-5-7-10-15)21-13-16-11-8-12-17(24-3)18(16)23;/h5-12,14,23H,4,13H2,1-3H3,(H2,20,21,22);1H. The molecule has 2 aromatic carbocycles. The van der Waals surface area contributed by atoms with Crippen LogP contribution in [0.3, 0.4) is 0 Å². The highest BCUT2D eigenvalue weighted by molar-refractivity contribution is 14.0. The predicted molar refractivity (Wildman–Crippen MR) is 113 cm³/mol. The molecule has 0 aliphatic carbocycles. The van der Waals surface area contributed by atoms with Crippen molar-refractivity contribution in [2.24, 2.45) is 4.99 Å². The van der Waals surface area contributed by atoms with Gasteiger partial charge in [0.1, 0.15) is 0 Å². The van der Waals surface area contributed by atoms with Gasteiger partial charge in [0.05, 0.1) is 19.7 Å². The van der Waals surface area contributed by atoms with Crippen molar-refractivity contribution in [2.75, 3.05) is 13.7 Å². The van der Waals surface area contributed by atoms with Gasteiger partial charge in [-0.2, -0.15) is 0 Å². The Morgan fingerprint density at radius 2 is 1.88 bits per heavy atom. The largest absolute Gasteiger partial charge is 0.504 e. The second-order valence-electron chi connectivity index (χ2n) is 5.44. The summed E-state index contributed by atoms with van der Waals surface area (Å²) in [6, 6.07) is 15.7. The lowest BCUT2D eigenvalue weighted by atomic mass is 10.1. The van der Waals surface area contributed by atoms with Crippen molar-refractivity contribution in [1.82, 2.24) is 10.6 Å². The van der Waals surface area contributed by atoms with Gasteiger partial charge in [-0.25, -0.2) is 4.99 Å². The molecule has 0 aliphatic heterocycles. The van der Waals surface area contributed by atoms with E-state index in [-0.39, 0.29) is 35.8 Å². The third-order valence-electron chi connectivity index (χ3n) is 3.71. The van der Waals surface area contributed by atoms with Gasteiger partial charge in [-0.3, -0.25) is 0 Å². The lowest BCUT2D eigenvalue weighted by molar-refractivity contribution is 0.370. The number of methoxy groups -OCH3 is 1. The monoisotopic (exact) mass is 455 g/mol. The number of phenols is 1. The molecule has 1 unspecified atom stereocenters. The number of aliphatic imine (C=N–C) groups is 1. The number of ether oxygens (including phenoxy) is 1. The molecule has 0 amide bonds. The van der Waals surface area contributed by atoms with Crippen LogP contribution in [0.5, 0.6) is 11.5 Å². The van der Waals surface area contributed by atoms with Crippen LogP contribution in [0.25, 0.3) is 0 Å². The SMILES string of the molecule is CCNC(=NCc1cccc(OC)c1O)NC(C)c1ccccc1.I. The minimum absolute atomic E-state index is 0. The molecule has 0 radical (unpaired) electrons. The molecule has 0 heterocycles. The fourth-order valence-corrected chi connectivity index (χ4v) is 2.37. The van der Waals surface area contributed by atoms with E-state index in [1.165, 1.54) is 12.7 Å². The van der Waals surface area contributed by atoms with Crippen molar-refractivity contribution in [3.63, 3.8) is 0 Å². The van der Waals surface area contributed by atoms with Gasteiger partial charge in [-0.1, -0.05) is 42.5 Å². The maximum atomic E-state index is 10.2. The second kappa shape index (κ2) is 10.8. The summed E-state index contributed by atoms with van der Waals surface area (Å²) in [5, 5.41) is 16.8. The van der Waals surface area contributed by atoms with Crippen molar-refractivity contribution in [3.05, 3.63) is 59.7 Å². The van der Waals surface area contributed by atoms with Crippen LogP contribution in [-0.4, -0.2) is 24.7 Å². The molecule has 0 aromatic heterocycles. The van der Waals surface area contributed by atoms with Crippen molar-refractivity contribution in [3.8, 4) is 11.5 Å². The summed E-state index contributed by atoms with van der Waals surface area (Å²) in [5.41, 5.74) is 1.91. The third kappa shape index (κ3) is 6.12. The molecule has 1 atom stereocenters. The zero-order valence-electron chi connectivity index (χ0n) is 14.8. The molecule has 3 N–H and O–H groups in total. The molecule has 0 bridgehead atoms. The molecule has 5 nitrogen and oxygen atoms in total. The molecule has 0 spiro atoms. The quantitative estimate of drug-likeness (QED) is 0.352. The number of phenolic OH excluding ortho intramolecular Hbond substituents is 1. The number of nitrogens with one attached hydrogen (secondary N) is 2. The van der Waals surface area contributed by atoms with E-state index in [2.05, 4.69) is 34.7 Å². The average Bonchev–Trinajstić information content (AvgIpc) is 2.61. The number of rotatable bonds is 6. The molecule has 2 aromatic rings. The highest BCUT2D eigenvalue weighted by Crippen LogP contribution is 2.29. The predicted octanol–water partition coefficient (Wildman–Crippen LogP) is 3.84. The molecule has 6 heteroatoms. The first-order valence-electron chi connectivity index (χ1n) is 8.10. The summed E-state index contributed by atoms with van der Waals surface area (Å²) < 4.78 is 5.13. The summed E-state index contributed by atoms with van der Waals surface area (Å²) in [4.78, 5) is 4.56. The third-order valence-corrected chi connectivity index (χ3v) is 3.71. The average molecular weight is 455 g/mol. The van der Waals surface area contributed by atoms with E-state index in [1.807, 2.05) is 37.3 Å². The fourth-order valence-electron chi connectivity index (χ4n) is 2.37. The number of benzene rings is 2. The van der Waals surface area contributed by atoms with Gasteiger partial charge in [-0.05, 0) is 25.5 Å². The van der Waals surface area contributed by atoms with Crippen molar-refractivity contribution >= 4 is 29.9 Å². The number of nitrogens with zero attached hydrogens (tertiary/aromatic N) is 1. The molecule has 0 aliphatic rings. The number of hydrogen-bond acceptors (Lipinski definition) is 3. The minimum Gasteiger partial charge on any atom is -0.504 e. The summed E-state index contributed by atoms with van der Waals surface area (Å²) in [6.45, 7) is 5.23. The second-order valence-corrected chi connectivity index (χ2v) is 5.44. The molecule has 2 rings (SSSR count). The van der Waals surface area contributed by atoms with Gasteiger partial charge in [-0.15, -0.1) is 24.0 Å². The summed E-state index contributed by atoms with van der Waals surface area (Å²) in [6.07, 6.45) is 0. The molecular formula is C19H26IN3O2. The van der Waals surface area contributed by atoms with Gasteiger partial charge in [0.2, 0.25) is 0 Å². The van der Waals surface area contributed by atoms with E-state index in [0.29, 0.717) is 18.3 Å². The van der Waals surface area contributed by atoms with Crippen molar-refractivity contribution in [2.45, 2.75) is 26.4 Å². The molecule has 0 saturated carbocycles. The smallest absolute Gasteiger partial charge is 0.192 e. The number of halogens is 1. The molecule has 25 heavy (non-hydrogen) atoms. The molecule has 0 saturated heterocycles. The van der Waals surface area contributed by atoms with Crippen LogP contribution in [0, 0.1) is 0 Å². The van der Waals surface area contributed by atoms with E-state index < -0.39 is 0 Å². The Morgan fingerprint density at radius 3 is 2.52 bits per heavy atom. The fraction of sp³-hybridized carbons (Fsp3) is 0.316. The number of aromatic hydroxyl groups is 1. The highest BCUT2D eigenvalue weighted by atomic mass is 127. The van der Waals surface area contributed by atoms with Crippen LogP contribution in [0.4, 0.5) is 0 Å². The van der Waals surface area contributed by atoms with Crippen LogP contribution in [0.2, 0.25) is 0 Å². The Kier molecular flexibility index (Phi) is 9.12. The molecular weight excluding hydrogens is 429 g/mol. The number of para-hydroxylation sites is 1. The van der Waals surface area contributed by atoms with Crippen molar-refractivity contribution < 1.29 is 9.84 Å². The Hall–Kier alpha value is -1.96. The maximum Gasteiger partial charge on any atom is 0.192 e.